The highest BCUT2D eigenvalue weighted by Gasteiger charge is 2.23. The van der Waals surface area contributed by atoms with Crippen LogP contribution in [-0.2, 0) is 11.4 Å². The minimum Gasteiger partial charge on any atom is -0.390 e. The van der Waals surface area contributed by atoms with Crippen molar-refractivity contribution in [3.63, 3.8) is 0 Å². The van der Waals surface area contributed by atoms with Gasteiger partial charge < -0.3 is 10.2 Å². The zero-order valence-electron chi connectivity index (χ0n) is 11.9. The molecule has 22 heavy (non-hydrogen) atoms. The van der Waals surface area contributed by atoms with Gasteiger partial charge in [0.15, 0.2) is 0 Å². The minimum absolute atomic E-state index is 0.116. The molecule has 0 spiro atoms. The molecule has 0 fully saturated rings. The Balaban J connectivity index is 1.48. The van der Waals surface area contributed by atoms with Crippen LogP contribution in [0, 0.1) is 11.6 Å². The van der Waals surface area contributed by atoms with Gasteiger partial charge >= 0.3 is 0 Å². The van der Waals surface area contributed by atoms with Crippen LogP contribution >= 0.6 is 0 Å². The average Bonchev–Trinajstić information content (AvgIpc) is 2.98. The molecule has 0 aliphatic carbocycles. The molecule has 1 N–H and O–H groups in total. The smallest absolute Gasteiger partial charge is 0.145 e. The summed E-state index contributed by atoms with van der Waals surface area (Å²) < 4.78 is 26.5. The monoisotopic (exact) mass is 302 g/mol. The standard InChI is InChI=1S/C17H16F2N2O/c18-13-7-5-12(6-8-13)10-20-11-14-9-17(21-22-14)15-3-1-2-4-16(15)19/h1-8,14,20H,9-11H2. The molecule has 1 atom stereocenters. The third-order valence-electron chi connectivity index (χ3n) is 3.53. The van der Waals surface area contributed by atoms with Gasteiger partial charge in [-0.05, 0) is 23.8 Å². The number of nitrogens with one attached hydrogen (secondary N) is 1. The average molecular weight is 302 g/mol. The Morgan fingerprint density at radius 3 is 2.64 bits per heavy atom. The Labute approximate surface area is 127 Å². The first kappa shape index (κ1) is 14.7. The Morgan fingerprint density at radius 2 is 1.86 bits per heavy atom. The van der Waals surface area contributed by atoms with Crippen molar-refractivity contribution in [2.45, 2.75) is 19.1 Å². The normalized spacial score (nSPS) is 17.2. The summed E-state index contributed by atoms with van der Waals surface area (Å²) in [5.74, 6) is -0.532. The van der Waals surface area contributed by atoms with Crippen LogP contribution in [0.5, 0.6) is 0 Å². The van der Waals surface area contributed by atoms with Gasteiger partial charge in [0.05, 0.1) is 5.71 Å². The Kier molecular flexibility index (Phi) is 4.44. The number of benzene rings is 2. The van der Waals surface area contributed by atoms with Crippen molar-refractivity contribution in [2.24, 2.45) is 5.16 Å². The first-order valence-electron chi connectivity index (χ1n) is 7.15. The summed E-state index contributed by atoms with van der Waals surface area (Å²) in [6, 6.07) is 12.9. The van der Waals surface area contributed by atoms with E-state index in [0.717, 1.165) is 5.56 Å². The molecule has 3 rings (SSSR count). The second kappa shape index (κ2) is 6.66. The van der Waals surface area contributed by atoms with E-state index in [9.17, 15) is 8.78 Å². The van der Waals surface area contributed by atoms with Crippen molar-refractivity contribution < 1.29 is 13.6 Å². The fourth-order valence-corrected chi connectivity index (χ4v) is 2.37. The predicted molar refractivity (Wildman–Crippen MR) is 80.5 cm³/mol. The highest BCUT2D eigenvalue weighted by Crippen LogP contribution is 2.18. The lowest BCUT2D eigenvalue weighted by atomic mass is 10.0. The molecule has 2 aromatic carbocycles. The molecule has 0 saturated heterocycles. The number of oxime groups is 1. The largest absolute Gasteiger partial charge is 0.390 e. The fraction of sp³-hybridized carbons (Fsp3) is 0.235. The predicted octanol–water partition coefficient (Wildman–Crippen LogP) is 3.25. The maximum Gasteiger partial charge on any atom is 0.145 e. The third-order valence-corrected chi connectivity index (χ3v) is 3.53. The van der Waals surface area contributed by atoms with Crippen LogP contribution in [0.2, 0.25) is 0 Å². The van der Waals surface area contributed by atoms with Crippen LogP contribution in [0.25, 0.3) is 0 Å². The van der Waals surface area contributed by atoms with Crippen molar-refractivity contribution in [2.75, 3.05) is 6.54 Å². The molecule has 0 radical (unpaired) electrons. The lowest BCUT2D eigenvalue weighted by Crippen LogP contribution is -2.26. The van der Waals surface area contributed by atoms with Crippen LogP contribution in [0.3, 0.4) is 0 Å². The number of hydrogen-bond donors (Lipinski definition) is 1. The first-order valence-corrected chi connectivity index (χ1v) is 7.15. The van der Waals surface area contributed by atoms with E-state index in [-0.39, 0.29) is 17.7 Å². The van der Waals surface area contributed by atoms with Gasteiger partial charge in [-0.3, -0.25) is 0 Å². The lowest BCUT2D eigenvalue weighted by Gasteiger charge is -2.10. The summed E-state index contributed by atoms with van der Waals surface area (Å²) in [4.78, 5) is 5.33. The zero-order chi connectivity index (χ0) is 15.4. The summed E-state index contributed by atoms with van der Waals surface area (Å²) >= 11 is 0. The fourth-order valence-electron chi connectivity index (χ4n) is 2.37. The SMILES string of the molecule is Fc1ccc(CNCC2CC(c3ccccc3F)=NO2)cc1. The molecule has 1 heterocycles. The van der Waals surface area contributed by atoms with Crippen molar-refractivity contribution in [1.82, 2.24) is 5.32 Å². The maximum absolute atomic E-state index is 13.7. The third kappa shape index (κ3) is 3.49. The molecule has 0 amide bonds. The summed E-state index contributed by atoms with van der Waals surface area (Å²) in [6.45, 7) is 1.22. The van der Waals surface area contributed by atoms with E-state index in [1.54, 1.807) is 30.3 Å². The molecular weight excluding hydrogens is 286 g/mol. The van der Waals surface area contributed by atoms with Crippen molar-refractivity contribution in [3.05, 3.63) is 71.3 Å². The van der Waals surface area contributed by atoms with E-state index in [1.165, 1.54) is 18.2 Å². The van der Waals surface area contributed by atoms with E-state index in [2.05, 4.69) is 10.5 Å². The summed E-state index contributed by atoms with van der Waals surface area (Å²) in [7, 11) is 0. The maximum atomic E-state index is 13.7. The molecular formula is C17H16F2N2O. The Morgan fingerprint density at radius 1 is 1.09 bits per heavy atom. The van der Waals surface area contributed by atoms with Gasteiger partial charge in [-0.25, -0.2) is 8.78 Å². The number of nitrogens with zero attached hydrogens (tertiary/aromatic N) is 1. The van der Waals surface area contributed by atoms with Gasteiger partial charge in [0.1, 0.15) is 17.7 Å². The Hall–Kier alpha value is -2.27. The van der Waals surface area contributed by atoms with E-state index < -0.39 is 0 Å². The van der Waals surface area contributed by atoms with Gasteiger partial charge in [0.2, 0.25) is 0 Å². The van der Waals surface area contributed by atoms with Crippen molar-refractivity contribution in [1.29, 1.82) is 0 Å². The topological polar surface area (TPSA) is 33.6 Å². The molecule has 3 nitrogen and oxygen atoms in total. The number of rotatable bonds is 5. The first-order chi connectivity index (χ1) is 10.7. The van der Waals surface area contributed by atoms with E-state index in [1.807, 2.05) is 0 Å². The summed E-state index contributed by atoms with van der Waals surface area (Å²) in [6.07, 6.45) is 0.451. The summed E-state index contributed by atoms with van der Waals surface area (Å²) in [5.41, 5.74) is 2.12. The van der Waals surface area contributed by atoms with Gasteiger partial charge in [0.25, 0.3) is 0 Å². The molecule has 2 aromatic rings. The van der Waals surface area contributed by atoms with Crippen LogP contribution < -0.4 is 5.32 Å². The van der Waals surface area contributed by atoms with Gasteiger partial charge in [-0.2, -0.15) is 0 Å². The molecule has 1 aliphatic rings. The minimum atomic E-state index is -0.287. The van der Waals surface area contributed by atoms with Gasteiger partial charge in [0, 0.05) is 25.1 Å². The second-order valence-electron chi connectivity index (χ2n) is 5.21. The number of hydrogen-bond acceptors (Lipinski definition) is 3. The molecule has 0 aromatic heterocycles. The van der Waals surface area contributed by atoms with E-state index in [4.69, 9.17) is 4.84 Å². The highest BCUT2D eigenvalue weighted by molar-refractivity contribution is 6.01. The van der Waals surface area contributed by atoms with Crippen LogP contribution in [-0.4, -0.2) is 18.4 Å². The number of halogens is 2. The second-order valence-corrected chi connectivity index (χ2v) is 5.21. The van der Waals surface area contributed by atoms with Crippen molar-refractivity contribution in [3.8, 4) is 0 Å². The van der Waals surface area contributed by atoms with Gasteiger partial charge in [-0.1, -0.05) is 35.5 Å². The van der Waals surface area contributed by atoms with Crippen LogP contribution in [0.4, 0.5) is 8.78 Å². The molecule has 1 unspecified atom stereocenters. The van der Waals surface area contributed by atoms with E-state index >= 15 is 0 Å². The molecule has 5 heteroatoms. The Bertz CT molecular complexity index is 671. The highest BCUT2D eigenvalue weighted by atomic mass is 19.1. The summed E-state index contributed by atoms with van der Waals surface area (Å²) in [5, 5.41) is 7.21. The van der Waals surface area contributed by atoms with Gasteiger partial charge in [-0.15, -0.1) is 0 Å². The van der Waals surface area contributed by atoms with E-state index in [0.29, 0.717) is 30.8 Å². The molecule has 1 aliphatic heterocycles. The molecule has 0 saturated carbocycles. The van der Waals surface area contributed by atoms with Crippen LogP contribution in [0.1, 0.15) is 17.5 Å². The lowest BCUT2D eigenvalue weighted by molar-refractivity contribution is 0.0848. The van der Waals surface area contributed by atoms with Crippen LogP contribution in [0.15, 0.2) is 53.7 Å². The zero-order valence-corrected chi connectivity index (χ0v) is 11.9. The molecule has 114 valence electrons. The quantitative estimate of drug-likeness (QED) is 0.920. The van der Waals surface area contributed by atoms with Crippen molar-refractivity contribution >= 4 is 5.71 Å². The molecule has 0 bridgehead atoms.